The maximum absolute atomic E-state index is 4.07. The molecule has 22 heavy (non-hydrogen) atoms. The molecule has 0 amide bonds. The Morgan fingerprint density at radius 2 is 2.09 bits per heavy atom. The van der Waals surface area contributed by atoms with Crippen molar-refractivity contribution in [3.05, 3.63) is 69.3 Å². The van der Waals surface area contributed by atoms with E-state index >= 15 is 0 Å². The molecule has 6 heteroatoms. The van der Waals surface area contributed by atoms with Crippen LogP contribution in [0.25, 0.3) is 5.69 Å². The minimum atomic E-state index is 0. The molecule has 3 aromatic rings. The second kappa shape index (κ2) is 7.92. The lowest BCUT2D eigenvalue weighted by molar-refractivity contribution is 0.575. The fourth-order valence-electron chi connectivity index (χ4n) is 2.17. The molecule has 1 unspecified atom stereocenters. The van der Waals surface area contributed by atoms with Gasteiger partial charge < -0.3 is 9.88 Å². The number of hydrogen-bond donors (Lipinski definition) is 1. The van der Waals surface area contributed by atoms with Gasteiger partial charge in [-0.25, -0.2) is 4.98 Å². The molecule has 0 radical (unpaired) electrons. The number of halogens is 2. The van der Waals surface area contributed by atoms with E-state index in [0.29, 0.717) is 6.04 Å². The van der Waals surface area contributed by atoms with Crippen molar-refractivity contribution in [3.63, 3.8) is 0 Å². The van der Waals surface area contributed by atoms with Gasteiger partial charge in [0.1, 0.15) is 0 Å². The minimum Gasteiger partial charge on any atom is -0.306 e. The van der Waals surface area contributed by atoms with Crippen LogP contribution in [-0.2, 0) is 6.54 Å². The molecule has 2 heterocycles. The summed E-state index contributed by atoms with van der Waals surface area (Å²) in [6, 6.07) is 11.0. The lowest BCUT2D eigenvalue weighted by Gasteiger charge is -2.14. The Kier molecular flexibility index (Phi) is 6.20. The van der Waals surface area contributed by atoms with Gasteiger partial charge in [-0.05, 0) is 57.6 Å². The molecule has 0 aliphatic carbocycles. The number of aromatic nitrogens is 2. The Morgan fingerprint density at radius 1 is 1.32 bits per heavy atom. The highest BCUT2D eigenvalue weighted by Crippen LogP contribution is 2.21. The SMILES string of the molecule is CC(NCc1csc(Br)c1)c1ccc(-n2ccnc2)cc1.Cl. The first kappa shape index (κ1) is 17.2. The number of thiophene rings is 1. The number of hydrogen-bond acceptors (Lipinski definition) is 3. The Morgan fingerprint density at radius 3 is 2.68 bits per heavy atom. The molecule has 0 aliphatic heterocycles. The first-order chi connectivity index (χ1) is 10.2. The summed E-state index contributed by atoms with van der Waals surface area (Å²) < 4.78 is 3.18. The molecule has 0 saturated carbocycles. The fourth-order valence-corrected chi connectivity index (χ4v) is 3.38. The standard InChI is InChI=1S/C16H16BrN3S.ClH/c1-12(19-9-13-8-16(17)21-10-13)14-2-4-15(5-3-14)20-7-6-18-11-20;/h2-8,10-12,19H,9H2,1H3;1H. The second-order valence-corrected chi connectivity index (χ2v) is 7.21. The average molecular weight is 399 g/mol. The van der Waals surface area contributed by atoms with Crippen LogP contribution >= 0.6 is 39.7 Å². The zero-order valence-corrected chi connectivity index (χ0v) is 15.3. The smallest absolute Gasteiger partial charge is 0.0991 e. The van der Waals surface area contributed by atoms with Crippen LogP contribution in [0.1, 0.15) is 24.1 Å². The monoisotopic (exact) mass is 397 g/mol. The Hall–Kier alpha value is -1.14. The molecular formula is C16H17BrClN3S. The third kappa shape index (κ3) is 4.20. The van der Waals surface area contributed by atoms with E-state index in [1.165, 1.54) is 14.9 Å². The molecule has 0 fully saturated rings. The van der Waals surface area contributed by atoms with Crippen molar-refractivity contribution in [1.82, 2.24) is 14.9 Å². The van der Waals surface area contributed by atoms with Crippen LogP contribution in [0.4, 0.5) is 0 Å². The Bertz CT molecular complexity index is 695. The van der Waals surface area contributed by atoms with E-state index in [4.69, 9.17) is 0 Å². The van der Waals surface area contributed by atoms with Crippen LogP contribution in [0.2, 0.25) is 0 Å². The van der Waals surface area contributed by atoms with Gasteiger partial charge in [0.2, 0.25) is 0 Å². The lowest BCUT2D eigenvalue weighted by Crippen LogP contribution is -2.17. The highest BCUT2D eigenvalue weighted by atomic mass is 79.9. The summed E-state index contributed by atoms with van der Waals surface area (Å²) in [5.74, 6) is 0. The largest absolute Gasteiger partial charge is 0.306 e. The predicted molar refractivity (Wildman–Crippen MR) is 98.1 cm³/mol. The molecule has 0 spiro atoms. The molecule has 1 atom stereocenters. The summed E-state index contributed by atoms with van der Waals surface area (Å²) in [6.07, 6.45) is 5.55. The lowest BCUT2D eigenvalue weighted by atomic mass is 10.1. The molecule has 3 nitrogen and oxygen atoms in total. The molecule has 3 rings (SSSR count). The van der Waals surface area contributed by atoms with Crippen molar-refractivity contribution < 1.29 is 0 Å². The topological polar surface area (TPSA) is 29.9 Å². The number of nitrogens with one attached hydrogen (secondary N) is 1. The van der Waals surface area contributed by atoms with E-state index in [1.54, 1.807) is 17.5 Å². The van der Waals surface area contributed by atoms with Gasteiger partial charge in [-0.15, -0.1) is 23.7 Å². The van der Waals surface area contributed by atoms with E-state index in [-0.39, 0.29) is 12.4 Å². The fraction of sp³-hybridized carbons (Fsp3) is 0.188. The van der Waals surface area contributed by atoms with Crippen molar-refractivity contribution in [1.29, 1.82) is 0 Å². The van der Waals surface area contributed by atoms with Crippen LogP contribution < -0.4 is 5.32 Å². The van der Waals surface area contributed by atoms with E-state index in [2.05, 4.69) is 68.9 Å². The van der Waals surface area contributed by atoms with E-state index in [1.807, 2.05) is 17.1 Å². The number of benzene rings is 1. The van der Waals surface area contributed by atoms with Gasteiger partial charge in [0.25, 0.3) is 0 Å². The summed E-state index contributed by atoms with van der Waals surface area (Å²) >= 11 is 5.21. The summed E-state index contributed by atoms with van der Waals surface area (Å²) in [6.45, 7) is 3.07. The summed E-state index contributed by atoms with van der Waals surface area (Å²) in [4.78, 5) is 4.07. The molecule has 2 aromatic heterocycles. The molecule has 116 valence electrons. The molecule has 1 aromatic carbocycles. The third-order valence-electron chi connectivity index (χ3n) is 3.43. The van der Waals surface area contributed by atoms with E-state index in [9.17, 15) is 0 Å². The number of imidazole rings is 1. The van der Waals surface area contributed by atoms with Gasteiger partial charge in [0, 0.05) is 30.7 Å². The van der Waals surface area contributed by atoms with Gasteiger partial charge in [-0.1, -0.05) is 12.1 Å². The van der Waals surface area contributed by atoms with E-state index < -0.39 is 0 Å². The van der Waals surface area contributed by atoms with Crippen LogP contribution in [0, 0.1) is 0 Å². The van der Waals surface area contributed by atoms with Gasteiger partial charge in [0.05, 0.1) is 10.1 Å². The second-order valence-electron chi connectivity index (χ2n) is 4.92. The molecule has 0 aliphatic rings. The van der Waals surface area contributed by atoms with Crippen molar-refractivity contribution in [2.75, 3.05) is 0 Å². The van der Waals surface area contributed by atoms with Gasteiger partial charge in [-0.3, -0.25) is 0 Å². The van der Waals surface area contributed by atoms with Crippen molar-refractivity contribution >= 4 is 39.7 Å². The number of nitrogens with zero attached hydrogens (tertiary/aromatic N) is 2. The molecule has 0 bridgehead atoms. The Balaban J connectivity index is 0.00000176. The normalized spacial score (nSPS) is 11.9. The quantitative estimate of drug-likeness (QED) is 0.657. The van der Waals surface area contributed by atoms with Crippen molar-refractivity contribution in [3.8, 4) is 5.69 Å². The average Bonchev–Trinajstić information content (AvgIpc) is 3.16. The first-order valence-electron chi connectivity index (χ1n) is 6.77. The summed E-state index contributed by atoms with van der Waals surface area (Å²) in [7, 11) is 0. The Labute approximate surface area is 148 Å². The highest BCUT2D eigenvalue weighted by Gasteiger charge is 2.06. The molecule has 0 saturated heterocycles. The van der Waals surface area contributed by atoms with Crippen LogP contribution in [-0.4, -0.2) is 9.55 Å². The van der Waals surface area contributed by atoms with Crippen LogP contribution in [0.3, 0.4) is 0 Å². The van der Waals surface area contributed by atoms with Crippen LogP contribution in [0.15, 0.2) is 58.2 Å². The van der Waals surface area contributed by atoms with Crippen molar-refractivity contribution in [2.45, 2.75) is 19.5 Å². The van der Waals surface area contributed by atoms with Gasteiger partial charge >= 0.3 is 0 Å². The molecule has 1 N–H and O–H groups in total. The van der Waals surface area contributed by atoms with Gasteiger partial charge in [0.15, 0.2) is 0 Å². The maximum Gasteiger partial charge on any atom is 0.0991 e. The first-order valence-corrected chi connectivity index (χ1v) is 8.44. The van der Waals surface area contributed by atoms with Gasteiger partial charge in [-0.2, -0.15) is 0 Å². The molecular weight excluding hydrogens is 382 g/mol. The summed E-state index contributed by atoms with van der Waals surface area (Å²) in [5.41, 5.74) is 3.73. The maximum atomic E-state index is 4.07. The highest BCUT2D eigenvalue weighted by molar-refractivity contribution is 9.11. The minimum absolute atomic E-state index is 0. The van der Waals surface area contributed by atoms with E-state index in [0.717, 1.165) is 12.2 Å². The third-order valence-corrected chi connectivity index (χ3v) is 4.98. The predicted octanol–water partition coefficient (Wildman–Crippen LogP) is 4.97. The zero-order chi connectivity index (χ0) is 14.7. The number of rotatable bonds is 5. The van der Waals surface area contributed by atoms with Crippen molar-refractivity contribution in [2.24, 2.45) is 0 Å². The van der Waals surface area contributed by atoms with Crippen LogP contribution in [0.5, 0.6) is 0 Å². The zero-order valence-electron chi connectivity index (χ0n) is 12.1. The summed E-state index contributed by atoms with van der Waals surface area (Å²) in [5, 5.41) is 5.72.